The summed E-state index contributed by atoms with van der Waals surface area (Å²) in [6, 6.07) is 69.6. The van der Waals surface area contributed by atoms with E-state index in [1.165, 1.54) is 54.5 Å². The molecule has 4 nitrogen and oxygen atoms in total. The highest BCUT2D eigenvalue weighted by molar-refractivity contribution is 6.25. The lowest BCUT2D eigenvalue weighted by Crippen LogP contribution is -2.03. The van der Waals surface area contributed by atoms with Gasteiger partial charge in [0, 0.05) is 38.2 Å². The average Bonchev–Trinajstić information content (AvgIpc) is 3.79. The Kier molecular flexibility index (Phi) is 6.60. The maximum atomic E-state index is 5.40. The smallest absolute Gasteiger partial charge is 0.235 e. The normalized spacial score (nSPS) is 11.9. The first-order valence-electron chi connectivity index (χ1n) is 19.1. The number of fused-ring (bicyclic) bond motifs is 4. The lowest BCUT2D eigenvalue weighted by atomic mass is 9.97. The lowest BCUT2D eigenvalue weighted by molar-refractivity contribution is 1.01. The predicted octanol–water partition coefficient (Wildman–Crippen LogP) is 13.4. The second-order valence-corrected chi connectivity index (χ2v) is 14.6. The van der Waals surface area contributed by atoms with Crippen molar-refractivity contribution in [3.63, 3.8) is 0 Å². The molecule has 0 fully saturated rings. The number of hydrogen-bond acceptors (Lipinski definition) is 2. The van der Waals surface area contributed by atoms with Gasteiger partial charge in [0.2, 0.25) is 5.95 Å². The molecule has 0 bridgehead atoms. The predicted molar refractivity (Wildman–Crippen MR) is 233 cm³/mol. The van der Waals surface area contributed by atoms with Crippen LogP contribution in [-0.4, -0.2) is 19.1 Å². The highest BCUT2D eigenvalue weighted by Gasteiger charge is 2.21. The SMILES string of the molecule is c1ccc(-c2ccc(-c3nc(-n4c5ccccc5c5ccc(-c6cc7ccc8cccc9c8c7c(c6)n9-c6ccccc6)cc54)nc4ccccc34)cc2)cc1. The second kappa shape index (κ2) is 12.0. The van der Waals surface area contributed by atoms with E-state index < -0.39 is 0 Å². The van der Waals surface area contributed by atoms with Crippen LogP contribution < -0.4 is 0 Å². The number of hydrogen-bond donors (Lipinski definition) is 0. The lowest BCUT2D eigenvalue weighted by Gasteiger charge is -2.13. The Morgan fingerprint density at radius 1 is 0.321 bits per heavy atom. The van der Waals surface area contributed by atoms with E-state index in [0.29, 0.717) is 5.95 Å². The summed E-state index contributed by atoms with van der Waals surface area (Å²) >= 11 is 0. The summed E-state index contributed by atoms with van der Waals surface area (Å²) in [7, 11) is 0. The maximum Gasteiger partial charge on any atom is 0.235 e. The summed E-state index contributed by atoms with van der Waals surface area (Å²) < 4.78 is 4.67. The van der Waals surface area contributed by atoms with Gasteiger partial charge in [0.15, 0.2) is 0 Å². The molecular formula is C52H32N4. The molecule has 3 heterocycles. The fraction of sp³-hybridized carbons (Fsp3) is 0. The van der Waals surface area contributed by atoms with Crippen LogP contribution in [0.4, 0.5) is 0 Å². The quantitative estimate of drug-likeness (QED) is 0.167. The average molecular weight is 713 g/mol. The van der Waals surface area contributed by atoms with Crippen LogP contribution in [0.1, 0.15) is 0 Å². The molecule has 9 aromatic carbocycles. The largest absolute Gasteiger partial charge is 0.309 e. The van der Waals surface area contributed by atoms with E-state index in [-0.39, 0.29) is 0 Å². The minimum absolute atomic E-state index is 0.652. The first-order valence-corrected chi connectivity index (χ1v) is 19.1. The van der Waals surface area contributed by atoms with E-state index >= 15 is 0 Å². The molecule has 0 atom stereocenters. The first-order chi connectivity index (χ1) is 27.8. The molecule has 0 unspecified atom stereocenters. The second-order valence-electron chi connectivity index (χ2n) is 14.6. The first kappa shape index (κ1) is 30.9. The molecule has 3 aromatic heterocycles. The van der Waals surface area contributed by atoms with Gasteiger partial charge in [-0.1, -0.05) is 146 Å². The fourth-order valence-electron chi connectivity index (χ4n) is 8.92. The van der Waals surface area contributed by atoms with Crippen LogP contribution in [0, 0.1) is 0 Å². The van der Waals surface area contributed by atoms with Crippen molar-refractivity contribution >= 4 is 65.3 Å². The maximum absolute atomic E-state index is 5.40. The Hall–Kier alpha value is -7.56. The van der Waals surface area contributed by atoms with Crippen LogP contribution in [-0.2, 0) is 0 Å². The highest BCUT2D eigenvalue weighted by atomic mass is 15.2. The van der Waals surface area contributed by atoms with Crippen molar-refractivity contribution in [3.05, 3.63) is 194 Å². The van der Waals surface area contributed by atoms with Gasteiger partial charge in [-0.25, -0.2) is 9.97 Å². The molecule has 0 saturated heterocycles. The zero-order chi connectivity index (χ0) is 36.7. The third-order valence-electron chi connectivity index (χ3n) is 11.5. The van der Waals surface area contributed by atoms with Crippen LogP contribution in [0.15, 0.2) is 194 Å². The number of benzene rings is 9. The van der Waals surface area contributed by atoms with E-state index in [4.69, 9.17) is 9.97 Å². The van der Waals surface area contributed by atoms with Gasteiger partial charge in [0.25, 0.3) is 0 Å². The van der Waals surface area contributed by atoms with Crippen molar-refractivity contribution in [2.45, 2.75) is 0 Å². The molecule has 0 N–H and O–H groups in total. The standard InChI is InChI=1S/C52H32N4/c1-3-12-33(13-4-1)34-22-25-36(26-23-34)51-43-18-7-9-19-44(43)53-52(54-51)56-45-20-10-8-17-41(45)42-29-28-37(31-47(42)56)39-30-38-27-24-35-14-11-21-46-49(35)50(38)48(32-39)55(46)40-15-5-2-6-16-40/h1-32H. The van der Waals surface area contributed by atoms with E-state index in [9.17, 15) is 0 Å². The van der Waals surface area contributed by atoms with Gasteiger partial charge in [-0.2, -0.15) is 0 Å². The molecule has 0 saturated carbocycles. The van der Waals surface area contributed by atoms with Gasteiger partial charge in [0.1, 0.15) is 0 Å². The van der Waals surface area contributed by atoms with Crippen LogP contribution >= 0.6 is 0 Å². The number of nitrogens with zero attached hydrogens (tertiary/aromatic N) is 4. The Morgan fingerprint density at radius 2 is 0.946 bits per heavy atom. The van der Waals surface area contributed by atoms with Crippen molar-refractivity contribution in [1.29, 1.82) is 0 Å². The van der Waals surface area contributed by atoms with Crippen LogP contribution in [0.5, 0.6) is 0 Å². The topological polar surface area (TPSA) is 35.6 Å². The molecule has 0 aliphatic rings. The Balaban J connectivity index is 1.08. The molecule has 0 radical (unpaired) electrons. The van der Waals surface area contributed by atoms with E-state index in [2.05, 4.69) is 203 Å². The molecule has 4 heteroatoms. The highest BCUT2D eigenvalue weighted by Crippen LogP contribution is 2.42. The van der Waals surface area contributed by atoms with Crippen LogP contribution in [0.25, 0.3) is 110 Å². The number of rotatable bonds is 5. The van der Waals surface area contributed by atoms with Gasteiger partial charge in [-0.05, 0) is 81.6 Å². The molecule has 260 valence electrons. The molecular weight excluding hydrogens is 681 g/mol. The molecule has 56 heavy (non-hydrogen) atoms. The van der Waals surface area contributed by atoms with Crippen molar-refractivity contribution in [3.8, 4) is 45.1 Å². The summed E-state index contributed by atoms with van der Waals surface area (Å²) in [6.07, 6.45) is 0. The summed E-state index contributed by atoms with van der Waals surface area (Å²) in [5, 5.41) is 8.47. The molecule has 12 aromatic rings. The van der Waals surface area contributed by atoms with Gasteiger partial charge < -0.3 is 4.57 Å². The number of para-hydroxylation sites is 3. The van der Waals surface area contributed by atoms with Crippen LogP contribution in [0.2, 0.25) is 0 Å². The third-order valence-corrected chi connectivity index (χ3v) is 11.5. The van der Waals surface area contributed by atoms with Crippen LogP contribution in [0.3, 0.4) is 0 Å². The third kappa shape index (κ3) is 4.60. The zero-order valence-electron chi connectivity index (χ0n) is 30.3. The Morgan fingerprint density at radius 3 is 1.80 bits per heavy atom. The summed E-state index contributed by atoms with van der Waals surface area (Å²) in [4.78, 5) is 10.7. The summed E-state index contributed by atoms with van der Waals surface area (Å²) in [5.41, 5.74) is 13.3. The molecule has 0 aliphatic heterocycles. The number of aromatic nitrogens is 4. The molecule has 0 amide bonds. The van der Waals surface area contributed by atoms with E-state index in [1.807, 2.05) is 0 Å². The van der Waals surface area contributed by atoms with Crippen molar-refractivity contribution in [2.24, 2.45) is 0 Å². The molecule has 12 rings (SSSR count). The minimum Gasteiger partial charge on any atom is -0.309 e. The van der Waals surface area contributed by atoms with E-state index in [0.717, 1.165) is 50.0 Å². The van der Waals surface area contributed by atoms with Crippen molar-refractivity contribution < 1.29 is 0 Å². The molecule has 0 spiro atoms. The Labute approximate surface area is 322 Å². The molecule has 0 aliphatic carbocycles. The monoisotopic (exact) mass is 712 g/mol. The minimum atomic E-state index is 0.652. The van der Waals surface area contributed by atoms with Gasteiger partial charge >= 0.3 is 0 Å². The zero-order valence-corrected chi connectivity index (χ0v) is 30.3. The van der Waals surface area contributed by atoms with Gasteiger partial charge in [-0.15, -0.1) is 0 Å². The Bertz CT molecular complexity index is 3450. The van der Waals surface area contributed by atoms with Gasteiger partial charge in [-0.3, -0.25) is 4.57 Å². The van der Waals surface area contributed by atoms with E-state index in [1.54, 1.807) is 0 Å². The summed E-state index contributed by atoms with van der Waals surface area (Å²) in [6.45, 7) is 0. The fourth-order valence-corrected chi connectivity index (χ4v) is 8.92. The van der Waals surface area contributed by atoms with Crippen molar-refractivity contribution in [1.82, 2.24) is 19.1 Å². The van der Waals surface area contributed by atoms with Crippen molar-refractivity contribution in [2.75, 3.05) is 0 Å². The summed E-state index contributed by atoms with van der Waals surface area (Å²) in [5.74, 6) is 0.652. The van der Waals surface area contributed by atoms with Gasteiger partial charge in [0.05, 0.1) is 33.3 Å².